The lowest BCUT2D eigenvalue weighted by Gasteiger charge is -2.18. The molecule has 2 aromatic rings. The normalized spacial score (nSPS) is 11.8. The second kappa shape index (κ2) is 11.1. The minimum Gasteiger partial charge on any atom is -0.381 e. The molecule has 0 unspecified atom stereocenters. The number of carbonyl (C=O) groups is 2. The molecule has 0 fully saturated rings. The highest BCUT2D eigenvalue weighted by atomic mass is 19.1. The Morgan fingerprint density at radius 2 is 1.82 bits per heavy atom. The van der Waals surface area contributed by atoms with Gasteiger partial charge in [-0.15, -0.1) is 0 Å². The number of aromatic nitrogens is 1. The first kappa shape index (κ1) is 21.5. The Balaban J connectivity index is 2.09. The minimum absolute atomic E-state index is 0.153. The highest BCUT2D eigenvalue weighted by molar-refractivity contribution is 6.11. The number of ketones is 1. The number of amides is 1. The topological polar surface area (TPSA) is 77.4 Å². The minimum atomic E-state index is -1.36. The molecule has 0 saturated heterocycles. The van der Waals surface area contributed by atoms with Gasteiger partial charge in [0, 0.05) is 37.6 Å². The van der Waals surface area contributed by atoms with Gasteiger partial charge in [0.1, 0.15) is 5.82 Å². The van der Waals surface area contributed by atoms with Gasteiger partial charge >= 0.3 is 0 Å². The number of pyridine rings is 1. The van der Waals surface area contributed by atoms with Gasteiger partial charge in [-0.1, -0.05) is 19.4 Å². The van der Waals surface area contributed by atoms with E-state index in [0.29, 0.717) is 26.2 Å². The van der Waals surface area contributed by atoms with E-state index in [4.69, 9.17) is 4.74 Å². The highest BCUT2D eigenvalue weighted by Crippen LogP contribution is 2.14. The maximum Gasteiger partial charge on any atom is 0.251 e. The predicted octanol–water partition coefficient (Wildman–Crippen LogP) is 2.73. The lowest BCUT2D eigenvalue weighted by Crippen LogP contribution is -2.41. The molecule has 0 radical (unpaired) electrons. The van der Waals surface area contributed by atoms with E-state index in [2.05, 4.69) is 12.2 Å². The summed E-state index contributed by atoms with van der Waals surface area (Å²) in [6.45, 7) is 3.57. The van der Waals surface area contributed by atoms with Crippen molar-refractivity contribution in [1.82, 2.24) is 9.88 Å². The second-order valence-electron chi connectivity index (χ2n) is 6.33. The SMILES string of the molecule is CCCCOCCCNC(=O)[C@@H](C(=O)c1ccc(F)cc1)n1ccccc1=O. The van der Waals surface area contributed by atoms with Crippen molar-refractivity contribution in [3.05, 3.63) is 70.4 Å². The molecule has 1 heterocycles. The van der Waals surface area contributed by atoms with Crippen LogP contribution in [0.2, 0.25) is 0 Å². The molecule has 1 amide bonds. The van der Waals surface area contributed by atoms with Crippen molar-refractivity contribution in [2.24, 2.45) is 0 Å². The maximum absolute atomic E-state index is 13.2. The maximum atomic E-state index is 13.2. The number of rotatable bonds is 11. The van der Waals surface area contributed by atoms with Gasteiger partial charge in [-0.25, -0.2) is 4.39 Å². The number of nitrogens with zero attached hydrogens (tertiary/aromatic N) is 1. The fourth-order valence-electron chi connectivity index (χ4n) is 2.63. The monoisotopic (exact) mass is 388 g/mol. The number of Topliss-reactive ketones (excluding diaryl/α,β-unsaturated/α-hetero) is 1. The van der Waals surface area contributed by atoms with Gasteiger partial charge in [0.25, 0.3) is 11.5 Å². The van der Waals surface area contributed by atoms with Crippen molar-refractivity contribution in [3.63, 3.8) is 0 Å². The van der Waals surface area contributed by atoms with E-state index in [1.165, 1.54) is 30.5 Å². The van der Waals surface area contributed by atoms with E-state index in [-0.39, 0.29) is 5.56 Å². The van der Waals surface area contributed by atoms with Gasteiger partial charge in [0.2, 0.25) is 0 Å². The number of halogens is 1. The molecule has 0 bridgehead atoms. The van der Waals surface area contributed by atoms with E-state index < -0.39 is 29.1 Å². The Morgan fingerprint density at radius 1 is 1.11 bits per heavy atom. The zero-order valence-corrected chi connectivity index (χ0v) is 15.9. The third kappa shape index (κ3) is 6.13. The van der Waals surface area contributed by atoms with Crippen LogP contribution in [0.5, 0.6) is 0 Å². The van der Waals surface area contributed by atoms with E-state index in [1.54, 1.807) is 6.07 Å². The molecule has 0 aliphatic heterocycles. The van der Waals surface area contributed by atoms with Crippen LogP contribution in [0.15, 0.2) is 53.5 Å². The van der Waals surface area contributed by atoms with Crippen LogP contribution < -0.4 is 10.9 Å². The fraction of sp³-hybridized carbons (Fsp3) is 0.381. The smallest absolute Gasteiger partial charge is 0.251 e. The predicted molar refractivity (Wildman–Crippen MR) is 104 cm³/mol. The molecule has 0 saturated carbocycles. The molecule has 1 N–H and O–H groups in total. The van der Waals surface area contributed by atoms with E-state index in [9.17, 15) is 18.8 Å². The summed E-state index contributed by atoms with van der Waals surface area (Å²) in [6, 6.07) is 7.90. The van der Waals surface area contributed by atoms with Gasteiger partial charge in [-0.05, 0) is 43.2 Å². The molecule has 7 heteroatoms. The molecule has 28 heavy (non-hydrogen) atoms. The summed E-state index contributed by atoms with van der Waals surface area (Å²) in [5.74, 6) is -1.65. The number of carbonyl (C=O) groups excluding carboxylic acids is 2. The zero-order chi connectivity index (χ0) is 20.4. The Bertz CT molecular complexity index is 833. The van der Waals surface area contributed by atoms with Crippen LogP contribution in [0, 0.1) is 5.82 Å². The molecule has 2 rings (SSSR count). The lowest BCUT2D eigenvalue weighted by molar-refractivity contribution is -0.123. The summed E-state index contributed by atoms with van der Waals surface area (Å²) in [6.07, 6.45) is 4.02. The van der Waals surface area contributed by atoms with Crippen LogP contribution in [0.3, 0.4) is 0 Å². The number of hydrogen-bond acceptors (Lipinski definition) is 4. The van der Waals surface area contributed by atoms with Gasteiger partial charge in [-0.2, -0.15) is 0 Å². The van der Waals surface area contributed by atoms with Gasteiger partial charge in [0.15, 0.2) is 11.8 Å². The quantitative estimate of drug-likeness (QED) is 0.365. The molecule has 150 valence electrons. The molecular weight excluding hydrogens is 363 g/mol. The molecule has 0 aliphatic carbocycles. The molecule has 0 aliphatic rings. The van der Waals surface area contributed by atoms with Crippen LogP contribution in [0.1, 0.15) is 42.6 Å². The standard InChI is InChI=1S/C21H25FN2O4/c1-2-3-14-28-15-6-12-23-21(27)19(24-13-5-4-7-18(24)25)20(26)16-8-10-17(22)11-9-16/h4-5,7-11,13,19H,2-3,6,12,14-15H2,1H3,(H,23,27)/t19-/m1/s1. The number of ether oxygens (including phenoxy) is 1. The molecule has 1 atom stereocenters. The molecule has 1 aromatic heterocycles. The average molecular weight is 388 g/mol. The molecular formula is C21H25FN2O4. The summed E-state index contributed by atoms with van der Waals surface area (Å²) >= 11 is 0. The largest absolute Gasteiger partial charge is 0.381 e. The van der Waals surface area contributed by atoms with Crippen LogP contribution >= 0.6 is 0 Å². The summed E-state index contributed by atoms with van der Waals surface area (Å²) in [5, 5.41) is 2.69. The number of nitrogens with one attached hydrogen (secondary N) is 1. The van der Waals surface area contributed by atoms with Crippen molar-refractivity contribution in [2.75, 3.05) is 19.8 Å². The van der Waals surface area contributed by atoms with E-state index >= 15 is 0 Å². The van der Waals surface area contributed by atoms with Gasteiger partial charge in [0.05, 0.1) is 0 Å². The summed E-state index contributed by atoms with van der Waals surface area (Å²) in [5.41, 5.74) is -0.318. The third-order valence-corrected chi connectivity index (χ3v) is 4.16. The van der Waals surface area contributed by atoms with Crippen molar-refractivity contribution in [3.8, 4) is 0 Å². The zero-order valence-electron chi connectivity index (χ0n) is 15.9. The van der Waals surface area contributed by atoms with Crippen molar-refractivity contribution < 1.29 is 18.7 Å². The van der Waals surface area contributed by atoms with Crippen LogP contribution in [0.4, 0.5) is 4.39 Å². The van der Waals surface area contributed by atoms with Crippen LogP contribution in [0.25, 0.3) is 0 Å². The highest BCUT2D eigenvalue weighted by Gasteiger charge is 2.29. The summed E-state index contributed by atoms with van der Waals surface area (Å²) in [7, 11) is 0. The van der Waals surface area contributed by atoms with Gasteiger partial charge < -0.3 is 10.1 Å². The Labute approximate surface area is 163 Å². The van der Waals surface area contributed by atoms with Crippen LogP contribution in [-0.2, 0) is 9.53 Å². The van der Waals surface area contributed by atoms with E-state index in [0.717, 1.165) is 29.5 Å². The fourth-order valence-corrected chi connectivity index (χ4v) is 2.63. The van der Waals surface area contributed by atoms with Gasteiger partial charge in [-0.3, -0.25) is 19.0 Å². The van der Waals surface area contributed by atoms with Crippen molar-refractivity contribution in [1.29, 1.82) is 0 Å². The average Bonchev–Trinajstić information content (AvgIpc) is 2.69. The summed E-state index contributed by atoms with van der Waals surface area (Å²) in [4.78, 5) is 37.8. The second-order valence-corrected chi connectivity index (χ2v) is 6.33. The first-order valence-corrected chi connectivity index (χ1v) is 9.37. The van der Waals surface area contributed by atoms with E-state index in [1.807, 2.05) is 0 Å². The Kier molecular flexibility index (Phi) is 8.55. The Morgan fingerprint density at radius 3 is 2.50 bits per heavy atom. The lowest BCUT2D eigenvalue weighted by atomic mass is 10.0. The molecule has 1 aromatic carbocycles. The first-order valence-electron chi connectivity index (χ1n) is 9.37. The van der Waals surface area contributed by atoms with Crippen LogP contribution in [-0.4, -0.2) is 36.0 Å². The number of hydrogen-bond donors (Lipinski definition) is 1. The summed E-state index contributed by atoms with van der Waals surface area (Å²) < 4.78 is 19.7. The van der Waals surface area contributed by atoms with Crippen molar-refractivity contribution >= 4 is 11.7 Å². The third-order valence-electron chi connectivity index (χ3n) is 4.16. The number of unbranched alkanes of at least 4 members (excludes halogenated alkanes) is 1. The molecule has 0 spiro atoms. The number of benzene rings is 1. The Hall–Kier alpha value is -2.80. The first-order chi connectivity index (χ1) is 13.5. The molecule has 6 nitrogen and oxygen atoms in total. The van der Waals surface area contributed by atoms with Crippen molar-refractivity contribution in [2.45, 2.75) is 32.2 Å².